The number of pyridine rings is 1. The van der Waals surface area contributed by atoms with Gasteiger partial charge in [-0.15, -0.1) is 0 Å². The Morgan fingerprint density at radius 2 is 1.78 bits per heavy atom. The van der Waals surface area contributed by atoms with Gasteiger partial charge in [-0.1, -0.05) is 18.2 Å². The fourth-order valence-corrected chi connectivity index (χ4v) is 2.61. The molecule has 4 nitrogen and oxygen atoms in total. The summed E-state index contributed by atoms with van der Waals surface area (Å²) in [5.74, 6) is 0.276. The van der Waals surface area contributed by atoms with E-state index in [-0.39, 0.29) is 18.1 Å². The fraction of sp³-hybridized carbons (Fsp3) is 0.250. The largest absolute Gasteiger partial charge is 0.432 e. The van der Waals surface area contributed by atoms with Gasteiger partial charge < -0.3 is 4.42 Å². The van der Waals surface area contributed by atoms with Crippen molar-refractivity contribution in [2.24, 2.45) is 0 Å². The molecule has 0 saturated carbocycles. The average molecular weight is 374 g/mol. The Morgan fingerprint density at radius 3 is 2.44 bits per heavy atom. The van der Waals surface area contributed by atoms with Crippen molar-refractivity contribution in [2.45, 2.75) is 31.9 Å². The molecule has 2 heterocycles. The highest BCUT2D eigenvalue weighted by atomic mass is 19.4. The molecule has 0 aliphatic carbocycles. The number of ketones is 1. The number of Topliss-reactive ketones (excluding diaryl/α,β-unsaturated/α-hetero) is 1. The summed E-state index contributed by atoms with van der Waals surface area (Å²) in [6.07, 6.45) is 0.929. The van der Waals surface area contributed by atoms with Gasteiger partial charge in [0, 0.05) is 12.6 Å². The van der Waals surface area contributed by atoms with E-state index in [2.05, 4.69) is 9.97 Å². The highest BCUT2D eigenvalue weighted by molar-refractivity contribution is 5.91. The SMILES string of the molecule is O=C(CCCCc1ccc(C(F)(F)F)cc1)c1ncc(-c2ccccn2)o1. The van der Waals surface area contributed by atoms with Crippen LogP contribution in [0.1, 0.15) is 41.1 Å². The van der Waals surface area contributed by atoms with Crippen LogP contribution in [0.3, 0.4) is 0 Å². The quantitative estimate of drug-likeness (QED) is 0.413. The van der Waals surface area contributed by atoms with Gasteiger partial charge in [0.15, 0.2) is 5.76 Å². The van der Waals surface area contributed by atoms with Gasteiger partial charge in [-0.2, -0.15) is 13.2 Å². The molecular weight excluding hydrogens is 357 g/mol. The lowest BCUT2D eigenvalue weighted by molar-refractivity contribution is -0.137. The van der Waals surface area contributed by atoms with Crippen LogP contribution in [-0.4, -0.2) is 15.8 Å². The maximum atomic E-state index is 12.5. The summed E-state index contributed by atoms with van der Waals surface area (Å²) in [7, 11) is 0. The predicted octanol–water partition coefficient (Wildman–Crippen LogP) is 5.35. The van der Waals surface area contributed by atoms with Crippen LogP contribution >= 0.6 is 0 Å². The number of carbonyl (C=O) groups is 1. The molecule has 0 fully saturated rings. The molecule has 0 radical (unpaired) electrons. The highest BCUT2D eigenvalue weighted by Gasteiger charge is 2.29. The van der Waals surface area contributed by atoms with E-state index in [0.717, 1.165) is 17.7 Å². The molecule has 3 rings (SSSR count). The first kappa shape index (κ1) is 18.8. The van der Waals surface area contributed by atoms with Crippen LogP contribution in [0.2, 0.25) is 0 Å². The second-order valence-electron chi connectivity index (χ2n) is 6.07. The molecular formula is C20H17F3N2O2. The molecule has 3 aromatic rings. The van der Waals surface area contributed by atoms with Gasteiger partial charge in [-0.25, -0.2) is 4.98 Å². The third-order valence-corrected chi connectivity index (χ3v) is 4.06. The summed E-state index contributed by atoms with van der Waals surface area (Å²) >= 11 is 0. The van der Waals surface area contributed by atoms with Crippen molar-refractivity contribution in [2.75, 3.05) is 0 Å². The zero-order valence-corrected chi connectivity index (χ0v) is 14.4. The summed E-state index contributed by atoms with van der Waals surface area (Å²) < 4.78 is 43.1. The van der Waals surface area contributed by atoms with Crippen molar-refractivity contribution in [3.8, 4) is 11.5 Å². The van der Waals surface area contributed by atoms with Crippen LogP contribution in [0.15, 0.2) is 59.3 Å². The first-order valence-corrected chi connectivity index (χ1v) is 8.50. The molecule has 0 N–H and O–H groups in total. The predicted molar refractivity (Wildman–Crippen MR) is 93.1 cm³/mol. The number of rotatable bonds is 7. The van der Waals surface area contributed by atoms with Gasteiger partial charge in [-0.05, 0) is 49.1 Å². The third-order valence-electron chi connectivity index (χ3n) is 4.06. The van der Waals surface area contributed by atoms with Crippen LogP contribution in [0.5, 0.6) is 0 Å². The normalized spacial score (nSPS) is 11.5. The summed E-state index contributed by atoms with van der Waals surface area (Å²) in [6.45, 7) is 0. The fourth-order valence-electron chi connectivity index (χ4n) is 2.61. The van der Waals surface area contributed by atoms with Crippen molar-refractivity contribution in [1.82, 2.24) is 9.97 Å². The molecule has 0 aliphatic rings. The molecule has 7 heteroatoms. The number of hydrogen-bond acceptors (Lipinski definition) is 4. The Kier molecular flexibility index (Phi) is 5.69. The van der Waals surface area contributed by atoms with E-state index in [4.69, 9.17) is 4.42 Å². The lowest BCUT2D eigenvalue weighted by Gasteiger charge is -2.07. The molecule has 0 unspecified atom stereocenters. The van der Waals surface area contributed by atoms with Crippen LogP contribution < -0.4 is 0 Å². The van der Waals surface area contributed by atoms with Crippen molar-refractivity contribution in [1.29, 1.82) is 0 Å². The highest BCUT2D eigenvalue weighted by Crippen LogP contribution is 2.29. The van der Waals surface area contributed by atoms with Gasteiger partial charge in [0.05, 0.1) is 11.8 Å². The summed E-state index contributed by atoms with van der Waals surface area (Å²) in [5, 5.41) is 0. The first-order valence-electron chi connectivity index (χ1n) is 8.50. The maximum Gasteiger partial charge on any atom is 0.416 e. The molecule has 1 aromatic carbocycles. The molecule has 0 saturated heterocycles. The average Bonchev–Trinajstić information content (AvgIpc) is 3.16. The van der Waals surface area contributed by atoms with E-state index >= 15 is 0 Å². The van der Waals surface area contributed by atoms with Gasteiger partial charge in [0.25, 0.3) is 5.89 Å². The zero-order valence-electron chi connectivity index (χ0n) is 14.4. The number of benzene rings is 1. The standard InChI is InChI=1S/C20H17F3N2O2/c21-20(22,23)15-10-8-14(9-11-15)5-1-2-7-17(26)19-25-13-18(27-19)16-6-3-4-12-24-16/h3-4,6,8-13H,1-2,5,7H2. The number of halogens is 3. The molecule has 0 amide bonds. The van der Waals surface area contributed by atoms with Crippen LogP contribution in [0.25, 0.3) is 11.5 Å². The molecule has 0 bridgehead atoms. The Balaban J connectivity index is 1.47. The summed E-state index contributed by atoms with van der Waals surface area (Å²) in [4.78, 5) is 20.3. The second-order valence-corrected chi connectivity index (χ2v) is 6.07. The number of hydrogen-bond donors (Lipinski definition) is 0. The Labute approximate surface area is 154 Å². The van der Waals surface area contributed by atoms with Crippen molar-refractivity contribution in [3.63, 3.8) is 0 Å². The minimum atomic E-state index is -4.32. The van der Waals surface area contributed by atoms with E-state index < -0.39 is 11.7 Å². The Morgan fingerprint density at radius 1 is 1.00 bits per heavy atom. The van der Waals surface area contributed by atoms with Crippen LogP contribution in [0, 0.1) is 0 Å². The topological polar surface area (TPSA) is 56.0 Å². The lowest BCUT2D eigenvalue weighted by atomic mass is 10.0. The first-order chi connectivity index (χ1) is 12.9. The van der Waals surface area contributed by atoms with Crippen LogP contribution in [-0.2, 0) is 12.6 Å². The van der Waals surface area contributed by atoms with E-state index in [9.17, 15) is 18.0 Å². The minimum absolute atomic E-state index is 0.0465. The monoisotopic (exact) mass is 374 g/mol. The Hall–Kier alpha value is -2.96. The van der Waals surface area contributed by atoms with E-state index in [0.29, 0.717) is 30.7 Å². The second kappa shape index (κ2) is 8.16. The number of oxazole rings is 1. The maximum absolute atomic E-state index is 12.5. The number of alkyl halides is 3. The summed E-state index contributed by atoms with van der Waals surface area (Å²) in [5.41, 5.74) is 0.754. The molecule has 27 heavy (non-hydrogen) atoms. The summed E-state index contributed by atoms with van der Waals surface area (Å²) in [6, 6.07) is 10.4. The third kappa shape index (κ3) is 5.03. The number of carbonyl (C=O) groups excluding carboxylic acids is 1. The van der Waals surface area contributed by atoms with E-state index in [1.165, 1.54) is 18.3 Å². The van der Waals surface area contributed by atoms with Crippen LogP contribution in [0.4, 0.5) is 13.2 Å². The van der Waals surface area contributed by atoms with Gasteiger partial charge >= 0.3 is 6.18 Å². The smallest absolute Gasteiger partial charge is 0.416 e. The lowest BCUT2D eigenvalue weighted by Crippen LogP contribution is -2.04. The molecule has 0 atom stereocenters. The number of aromatic nitrogens is 2. The number of unbranched alkanes of at least 4 members (excludes halogenated alkanes) is 1. The molecule has 2 aromatic heterocycles. The molecule has 0 aliphatic heterocycles. The van der Waals surface area contributed by atoms with Crippen molar-refractivity contribution in [3.05, 3.63) is 71.9 Å². The zero-order chi connectivity index (χ0) is 19.3. The van der Waals surface area contributed by atoms with Gasteiger partial charge in [0.1, 0.15) is 5.69 Å². The van der Waals surface area contributed by atoms with Crippen molar-refractivity contribution >= 4 is 5.78 Å². The Bertz CT molecular complexity index is 888. The number of aryl methyl sites for hydroxylation is 1. The van der Waals surface area contributed by atoms with Crippen molar-refractivity contribution < 1.29 is 22.4 Å². The van der Waals surface area contributed by atoms with E-state index in [1.54, 1.807) is 18.3 Å². The minimum Gasteiger partial charge on any atom is -0.432 e. The molecule has 0 spiro atoms. The number of nitrogens with zero attached hydrogens (tertiary/aromatic N) is 2. The van der Waals surface area contributed by atoms with E-state index in [1.807, 2.05) is 6.07 Å². The van der Waals surface area contributed by atoms with Gasteiger partial charge in [-0.3, -0.25) is 9.78 Å². The van der Waals surface area contributed by atoms with Gasteiger partial charge in [0.2, 0.25) is 5.78 Å². The molecule has 140 valence electrons.